The molecule has 1 aromatic heterocycles. The Hall–Kier alpha value is -2.84. The minimum Gasteiger partial charge on any atom is -0.483 e. The van der Waals surface area contributed by atoms with E-state index in [4.69, 9.17) is 13.9 Å². The third-order valence-corrected chi connectivity index (χ3v) is 5.04. The maximum absolute atomic E-state index is 12.1. The number of nitrogens with one attached hydrogen (secondary N) is 1. The van der Waals surface area contributed by atoms with Gasteiger partial charge in [0.15, 0.2) is 12.4 Å². The van der Waals surface area contributed by atoms with Crippen LogP contribution in [0.15, 0.2) is 62.5 Å². The van der Waals surface area contributed by atoms with Crippen LogP contribution in [0.25, 0.3) is 10.8 Å². The second kappa shape index (κ2) is 9.11. The van der Waals surface area contributed by atoms with Gasteiger partial charge in [0.2, 0.25) is 5.88 Å². The lowest BCUT2D eigenvalue weighted by Gasteiger charge is -2.26. The van der Waals surface area contributed by atoms with E-state index in [1.54, 1.807) is 0 Å². The van der Waals surface area contributed by atoms with Crippen LogP contribution in [-0.2, 0) is 9.53 Å². The van der Waals surface area contributed by atoms with Crippen LogP contribution in [0.3, 0.4) is 0 Å². The molecule has 0 saturated carbocycles. The molecule has 2 aromatic carbocycles. The summed E-state index contributed by atoms with van der Waals surface area (Å²) in [6, 6.07) is 15.4. The number of amides is 1. The number of furan rings is 1. The molecule has 2 heterocycles. The van der Waals surface area contributed by atoms with Gasteiger partial charge in [0.1, 0.15) is 5.75 Å². The summed E-state index contributed by atoms with van der Waals surface area (Å²) in [7, 11) is 0. The minimum atomic E-state index is -0.354. The molecule has 8 heteroatoms. The second-order valence-electron chi connectivity index (χ2n) is 6.46. The van der Waals surface area contributed by atoms with Crippen LogP contribution < -0.4 is 15.1 Å². The second-order valence-corrected chi connectivity index (χ2v) is 7.31. The van der Waals surface area contributed by atoms with Crippen LogP contribution in [0.4, 0.5) is 5.88 Å². The standard InChI is InChI=1S/C21H20BrN3O4/c22-18-12-16(29-21(18)25-8-10-27-11-9-25)13-23-24-20(26)14-28-19-7-3-5-15-4-1-2-6-17(15)19/h1-7,12-13H,8-11,14H2,(H,24,26)/b23-13+. The molecule has 29 heavy (non-hydrogen) atoms. The Bertz CT molecular complexity index is 1020. The van der Waals surface area contributed by atoms with E-state index in [2.05, 4.69) is 31.4 Å². The van der Waals surface area contributed by atoms with Gasteiger partial charge >= 0.3 is 0 Å². The molecule has 0 aliphatic carbocycles. The number of hydrogen-bond donors (Lipinski definition) is 1. The number of nitrogens with zero attached hydrogens (tertiary/aromatic N) is 2. The number of hydrogen-bond acceptors (Lipinski definition) is 6. The highest BCUT2D eigenvalue weighted by Gasteiger charge is 2.18. The van der Waals surface area contributed by atoms with Crippen LogP contribution in [0, 0.1) is 0 Å². The van der Waals surface area contributed by atoms with Crippen molar-refractivity contribution < 1.29 is 18.7 Å². The van der Waals surface area contributed by atoms with Crippen molar-refractivity contribution in [2.75, 3.05) is 37.8 Å². The number of anilines is 1. The van der Waals surface area contributed by atoms with Gasteiger partial charge in [-0.15, -0.1) is 0 Å². The van der Waals surface area contributed by atoms with Gasteiger partial charge in [-0.2, -0.15) is 5.10 Å². The Morgan fingerprint density at radius 1 is 1.21 bits per heavy atom. The largest absolute Gasteiger partial charge is 0.483 e. The van der Waals surface area contributed by atoms with Crippen LogP contribution in [-0.4, -0.2) is 45.0 Å². The molecule has 1 N–H and O–H groups in total. The van der Waals surface area contributed by atoms with Crippen LogP contribution in [0.1, 0.15) is 5.76 Å². The van der Waals surface area contributed by atoms with E-state index in [1.807, 2.05) is 48.5 Å². The number of carbonyl (C=O) groups is 1. The number of hydrazone groups is 1. The Kier molecular flexibility index (Phi) is 6.12. The lowest BCUT2D eigenvalue weighted by Crippen LogP contribution is -2.36. The average molecular weight is 458 g/mol. The Morgan fingerprint density at radius 2 is 2.00 bits per heavy atom. The van der Waals surface area contributed by atoms with Crippen molar-refractivity contribution in [1.82, 2.24) is 5.43 Å². The van der Waals surface area contributed by atoms with Crippen molar-refractivity contribution in [3.05, 3.63) is 58.8 Å². The molecule has 1 saturated heterocycles. The van der Waals surface area contributed by atoms with Gasteiger partial charge in [-0.05, 0) is 27.4 Å². The number of ether oxygens (including phenoxy) is 2. The van der Waals surface area contributed by atoms with Gasteiger partial charge in [0.25, 0.3) is 5.91 Å². The molecule has 3 aromatic rings. The molecule has 0 bridgehead atoms. The van der Waals surface area contributed by atoms with E-state index in [9.17, 15) is 4.79 Å². The topological polar surface area (TPSA) is 76.3 Å². The molecule has 7 nitrogen and oxygen atoms in total. The van der Waals surface area contributed by atoms with Crippen LogP contribution >= 0.6 is 15.9 Å². The van der Waals surface area contributed by atoms with Crippen molar-refractivity contribution in [3.63, 3.8) is 0 Å². The number of carbonyl (C=O) groups excluding carboxylic acids is 1. The first-order valence-corrected chi connectivity index (χ1v) is 10.0. The third kappa shape index (κ3) is 4.78. The van der Waals surface area contributed by atoms with Gasteiger partial charge in [0, 0.05) is 24.5 Å². The van der Waals surface area contributed by atoms with E-state index in [0.29, 0.717) is 24.7 Å². The average Bonchev–Trinajstić information content (AvgIpc) is 3.13. The fraction of sp³-hybridized carbons (Fsp3) is 0.238. The summed E-state index contributed by atoms with van der Waals surface area (Å²) < 4.78 is 17.6. The molecule has 0 unspecified atom stereocenters. The predicted molar refractivity (Wildman–Crippen MR) is 115 cm³/mol. The normalized spacial score (nSPS) is 14.4. The Labute approximate surface area is 176 Å². The summed E-state index contributed by atoms with van der Waals surface area (Å²) >= 11 is 3.50. The van der Waals surface area contributed by atoms with Crippen molar-refractivity contribution in [1.29, 1.82) is 0 Å². The molecular formula is C21H20BrN3O4. The molecule has 1 aliphatic heterocycles. The maximum atomic E-state index is 12.1. The number of halogens is 1. The molecule has 0 spiro atoms. The quantitative estimate of drug-likeness (QED) is 0.452. The molecule has 4 rings (SSSR count). The summed E-state index contributed by atoms with van der Waals surface area (Å²) in [5.41, 5.74) is 2.45. The van der Waals surface area contributed by atoms with Gasteiger partial charge in [-0.25, -0.2) is 5.43 Å². The highest BCUT2D eigenvalue weighted by atomic mass is 79.9. The number of benzene rings is 2. The van der Waals surface area contributed by atoms with Gasteiger partial charge in [-0.1, -0.05) is 36.4 Å². The van der Waals surface area contributed by atoms with E-state index < -0.39 is 0 Å². The molecule has 0 radical (unpaired) electrons. The van der Waals surface area contributed by atoms with E-state index >= 15 is 0 Å². The minimum absolute atomic E-state index is 0.133. The first kappa shape index (κ1) is 19.5. The van der Waals surface area contributed by atoms with Crippen molar-refractivity contribution in [2.45, 2.75) is 0 Å². The fourth-order valence-electron chi connectivity index (χ4n) is 3.09. The zero-order valence-corrected chi connectivity index (χ0v) is 17.2. The molecule has 0 atom stereocenters. The first-order valence-electron chi connectivity index (χ1n) is 9.25. The summed E-state index contributed by atoms with van der Waals surface area (Å²) in [5.74, 6) is 1.58. The lowest BCUT2D eigenvalue weighted by atomic mass is 10.1. The van der Waals surface area contributed by atoms with Crippen molar-refractivity contribution in [2.24, 2.45) is 5.10 Å². The summed E-state index contributed by atoms with van der Waals surface area (Å²) in [6.45, 7) is 2.74. The highest BCUT2D eigenvalue weighted by Crippen LogP contribution is 2.30. The molecule has 1 aliphatic rings. The summed E-state index contributed by atoms with van der Waals surface area (Å²) in [4.78, 5) is 14.1. The van der Waals surface area contributed by atoms with Gasteiger partial charge < -0.3 is 18.8 Å². The van der Waals surface area contributed by atoms with E-state index in [1.165, 1.54) is 6.21 Å². The first-order chi connectivity index (χ1) is 14.2. The number of morpholine rings is 1. The summed E-state index contributed by atoms with van der Waals surface area (Å²) in [6.07, 6.45) is 1.46. The zero-order valence-electron chi connectivity index (χ0n) is 15.6. The zero-order chi connectivity index (χ0) is 20.1. The fourth-order valence-corrected chi connectivity index (χ4v) is 3.64. The Balaban J connectivity index is 1.32. The summed E-state index contributed by atoms with van der Waals surface area (Å²) in [5, 5.41) is 5.97. The SMILES string of the molecule is O=C(COc1cccc2ccccc12)N/N=C/c1cc(Br)c(N2CCOCC2)o1. The third-order valence-electron chi connectivity index (χ3n) is 4.48. The van der Waals surface area contributed by atoms with Gasteiger partial charge in [-0.3, -0.25) is 4.79 Å². The number of rotatable bonds is 6. The number of fused-ring (bicyclic) bond motifs is 1. The molecule has 150 valence electrons. The monoisotopic (exact) mass is 457 g/mol. The lowest BCUT2D eigenvalue weighted by molar-refractivity contribution is -0.123. The van der Waals surface area contributed by atoms with Crippen molar-refractivity contribution in [3.8, 4) is 5.75 Å². The van der Waals surface area contributed by atoms with E-state index in [-0.39, 0.29) is 12.5 Å². The maximum Gasteiger partial charge on any atom is 0.277 e. The van der Waals surface area contributed by atoms with Gasteiger partial charge in [0.05, 0.1) is 23.9 Å². The molecule has 1 fully saturated rings. The van der Waals surface area contributed by atoms with Crippen LogP contribution in [0.2, 0.25) is 0 Å². The Morgan fingerprint density at radius 3 is 2.86 bits per heavy atom. The smallest absolute Gasteiger partial charge is 0.277 e. The molecule has 1 amide bonds. The predicted octanol–water partition coefficient (Wildman–Crippen LogP) is 3.56. The highest BCUT2D eigenvalue weighted by molar-refractivity contribution is 9.10. The van der Waals surface area contributed by atoms with Crippen molar-refractivity contribution >= 4 is 44.7 Å². The van der Waals surface area contributed by atoms with Crippen LogP contribution in [0.5, 0.6) is 5.75 Å². The van der Waals surface area contributed by atoms with E-state index in [0.717, 1.165) is 34.2 Å². The molecular weight excluding hydrogens is 438 g/mol.